The molecule has 0 aliphatic rings. The van der Waals surface area contributed by atoms with E-state index in [9.17, 15) is 0 Å². The van der Waals surface area contributed by atoms with E-state index in [4.69, 9.17) is 4.74 Å². The van der Waals surface area contributed by atoms with Gasteiger partial charge in [0, 0.05) is 6.04 Å². The van der Waals surface area contributed by atoms with E-state index in [1.54, 1.807) is 7.11 Å². The molecule has 0 spiro atoms. The molecule has 0 saturated heterocycles. The van der Waals surface area contributed by atoms with Crippen molar-refractivity contribution >= 4 is 5.69 Å². The second-order valence-corrected chi connectivity index (χ2v) is 4.04. The fourth-order valence-electron chi connectivity index (χ4n) is 1.71. The lowest BCUT2D eigenvalue weighted by Gasteiger charge is -2.17. The minimum Gasteiger partial charge on any atom is -0.495 e. The predicted molar refractivity (Wildman–Crippen MR) is 65.7 cm³/mol. The van der Waals surface area contributed by atoms with Crippen LogP contribution in [-0.2, 0) is 0 Å². The zero-order chi connectivity index (χ0) is 11.3. The Morgan fingerprint density at radius 1 is 1.40 bits per heavy atom. The maximum absolute atomic E-state index is 5.32. The molecule has 2 nitrogen and oxygen atoms in total. The summed E-state index contributed by atoms with van der Waals surface area (Å²) in [5, 5.41) is 3.48. The molecule has 1 aromatic carbocycles. The highest BCUT2D eigenvalue weighted by Gasteiger charge is 2.06. The molecule has 1 unspecified atom stereocenters. The SMILES string of the molecule is CCCC(C)Nc1cc(C)ccc1OC. The maximum Gasteiger partial charge on any atom is 0.141 e. The summed E-state index contributed by atoms with van der Waals surface area (Å²) in [4.78, 5) is 0. The van der Waals surface area contributed by atoms with Crippen LogP contribution in [0.4, 0.5) is 5.69 Å². The average molecular weight is 207 g/mol. The van der Waals surface area contributed by atoms with Crippen molar-refractivity contribution in [3.63, 3.8) is 0 Å². The number of hydrogen-bond acceptors (Lipinski definition) is 2. The van der Waals surface area contributed by atoms with Crippen molar-refractivity contribution in [2.45, 2.75) is 39.7 Å². The third-order valence-corrected chi connectivity index (χ3v) is 2.48. The van der Waals surface area contributed by atoms with E-state index in [1.807, 2.05) is 6.07 Å². The Kier molecular flexibility index (Phi) is 4.47. The van der Waals surface area contributed by atoms with Crippen LogP contribution in [0.3, 0.4) is 0 Å². The fourth-order valence-corrected chi connectivity index (χ4v) is 1.71. The van der Waals surface area contributed by atoms with Crippen LogP contribution in [-0.4, -0.2) is 13.2 Å². The van der Waals surface area contributed by atoms with Crippen molar-refractivity contribution in [3.8, 4) is 5.75 Å². The van der Waals surface area contributed by atoms with E-state index < -0.39 is 0 Å². The average Bonchev–Trinajstić information content (AvgIpc) is 2.18. The fraction of sp³-hybridized carbons (Fsp3) is 0.538. The quantitative estimate of drug-likeness (QED) is 0.796. The second-order valence-electron chi connectivity index (χ2n) is 4.04. The zero-order valence-corrected chi connectivity index (χ0v) is 10.1. The van der Waals surface area contributed by atoms with Crippen molar-refractivity contribution in [2.24, 2.45) is 0 Å². The van der Waals surface area contributed by atoms with Crippen molar-refractivity contribution in [2.75, 3.05) is 12.4 Å². The molecule has 0 fully saturated rings. The van der Waals surface area contributed by atoms with E-state index >= 15 is 0 Å². The normalized spacial score (nSPS) is 12.3. The molecule has 15 heavy (non-hydrogen) atoms. The van der Waals surface area contributed by atoms with Crippen LogP contribution in [0.2, 0.25) is 0 Å². The van der Waals surface area contributed by atoms with Gasteiger partial charge in [-0.2, -0.15) is 0 Å². The molecule has 0 heterocycles. The predicted octanol–water partition coefficient (Wildman–Crippen LogP) is 3.60. The van der Waals surface area contributed by atoms with E-state index in [1.165, 1.54) is 18.4 Å². The Morgan fingerprint density at radius 2 is 2.13 bits per heavy atom. The Bertz CT molecular complexity index is 309. The summed E-state index contributed by atoms with van der Waals surface area (Å²) in [5.74, 6) is 0.920. The van der Waals surface area contributed by atoms with Gasteiger partial charge in [0.1, 0.15) is 5.75 Å². The summed E-state index contributed by atoms with van der Waals surface area (Å²) < 4.78 is 5.32. The highest BCUT2D eigenvalue weighted by atomic mass is 16.5. The minimum absolute atomic E-state index is 0.491. The number of ether oxygens (including phenoxy) is 1. The Morgan fingerprint density at radius 3 is 2.73 bits per heavy atom. The van der Waals surface area contributed by atoms with Crippen molar-refractivity contribution < 1.29 is 4.74 Å². The molecule has 1 rings (SSSR count). The molecule has 0 aliphatic heterocycles. The summed E-state index contributed by atoms with van der Waals surface area (Å²) in [5.41, 5.74) is 2.35. The van der Waals surface area contributed by atoms with E-state index in [-0.39, 0.29) is 0 Å². The van der Waals surface area contributed by atoms with Crippen LogP contribution in [0, 0.1) is 6.92 Å². The lowest BCUT2D eigenvalue weighted by atomic mass is 10.1. The Hall–Kier alpha value is -1.18. The van der Waals surface area contributed by atoms with Gasteiger partial charge in [0.05, 0.1) is 12.8 Å². The monoisotopic (exact) mass is 207 g/mol. The van der Waals surface area contributed by atoms with Gasteiger partial charge in [-0.05, 0) is 38.0 Å². The van der Waals surface area contributed by atoms with E-state index in [0.717, 1.165) is 11.4 Å². The van der Waals surface area contributed by atoms with Crippen molar-refractivity contribution in [1.82, 2.24) is 0 Å². The van der Waals surface area contributed by atoms with Gasteiger partial charge in [-0.15, -0.1) is 0 Å². The number of anilines is 1. The number of hydrogen-bond donors (Lipinski definition) is 1. The topological polar surface area (TPSA) is 21.3 Å². The van der Waals surface area contributed by atoms with E-state index in [0.29, 0.717) is 6.04 Å². The van der Waals surface area contributed by atoms with Crippen LogP contribution in [0.1, 0.15) is 32.3 Å². The number of rotatable bonds is 5. The first-order valence-corrected chi connectivity index (χ1v) is 5.58. The summed E-state index contributed by atoms with van der Waals surface area (Å²) in [6.07, 6.45) is 2.37. The van der Waals surface area contributed by atoms with Gasteiger partial charge in [-0.25, -0.2) is 0 Å². The molecule has 0 bridgehead atoms. The third-order valence-electron chi connectivity index (χ3n) is 2.48. The van der Waals surface area contributed by atoms with Crippen LogP contribution in [0.5, 0.6) is 5.75 Å². The molecular formula is C13H21NO. The second kappa shape index (κ2) is 5.64. The molecule has 84 valence electrons. The first-order chi connectivity index (χ1) is 7.17. The number of methoxy groups -OCH3 is 1. The lowest BCUT2D eigenvalue weighted by molar-refractivity contribution is 0.415. The molecule has 1 atom stereocenters. The minimum atomic E-state index is 0.491. The molecule has 2 heteroatoms. The number of benzene rings is 1. The highest BCUT2D eigenvalue weighted by molar-refractivity contribution is 5.58. The van der Waals surface area contributed by atoms with Crippen molar-refractivity contribution in [1.29, 1.82) is 0 Å². The molecule has 0 aliphatic carbocycles. The number of nitrogens with one attached hydrogen (secondary N) is 1. The maximum atomic E-state index is 5.32. The third kappa shape index (κ3) is 3.46. The van der Waals surface area contributed by atoms with Gasteiger partial charge in [0.15, 0.2) is 0 Å². The summed E-state index contributed by atoms with van der Waals surface area (Å²) in [7, 11) is 1.71. The molecule has 0 amide bonds. The van der Waals surface area contributed by atoms with Gasteiger partial charge in [-0.3, -0.25) is 0 Å². The largest absolute Gasteiger partial charge is 0.495 e. The van der Waals surface area contributed by atoms with E-state index in [2.05, 4.69) is 38.2 Å². The molecule has 0 aromatic heterocycles. The van der Waals surface area contributed by atoms with Crippen LogP contribution in [0.15, 0.2) is 18.2 Å². The molecule has 1 aromatic rings. The Balaban J connectivity index is 2.77. The first-order valence-electron chi connectivity index (χ1n) is 5.58. The molecule has 0 saturated carbocycles. The summed E-state index contributed by atoms with van der Waals surface area (Å²) >= 11 is 0. The van der Waals surface area contributed by atoms with Crippen LogP contribution in [0.25, 0.3) is 0 Å². The van der Waals surface area contributed by atoms with Crippen LogP contribution >= 0.6 is 0 Å². The van der Waals surface area contributed by atoms with Gasteiger partial charge in [-0.1, -0.05) is 19.4 Å². The molecule has 1 N–H and O–H groups in total. The summed E-state index contributed by atoms with van der Waals surface area (Å²) in [6, 6.07) is 6.70. The molecule has 0 radical (unpaired) electrons. The first kappa shape index (κ1) is 11.9. The van der Waals surface area contributed by atoms with Crippen molar-refractivity contribution in [3.05, 3.63) is 23.8 Å². The lowest BCUT2D eigenvalue weighted by Crippen LogP contribution is -2.15. The number of aryl methyl sites for hydroxylation is 1. The van der Waals surface area contributed by atoms with Gasteiger partial charge < -0.3 is 10.1 Å². The standard InChI is InChI=1S/C13H21NO/c1-5-6-11(3)14-12-9-10(2)7-8-13(12)15-4/h7-9,11,14H,5-6H2,1-4H3. The van der Waals surface area contributed by atoms with Gasteiger partial charge in [0.25, 0.3) is 0 Å². The smallest absolute Gasteiger partial charge is 0.141 e. The zero-order valence-electron chi connectivity index (χ0n) is 10.1. The Labute approximate surface area is 92.6 Å². The van der Waals surface area contributed by atoms with Gasteiger partial charge in [0.2, 0.25) is 0 Å². The highest BCUT2D eigenvalue weighted by Crippen LogP contribution is 2.26. The van der Waals surface area contributed by atoms with Crippen LogP contribution < -0.4 is 10.1 Å². The molecular weight excluding hydrogens is 186 g/mol. The van der Waals surface area contributed by atoms with Gasteiger partial charge >= 0.3 is 0 Å². The summed E-state index contributed by atoms with van der Waals surface area (Å²) in [6.45, 7) is 6.49.